The van der Waals surface area contributed by atoms with Gasteiger partial charge in [0, 0.05) is 34.8 Å². The first kappa shape index (κ1) is 18.2. The van der Waals surface area contributed by atoms with E-state index in [1.54, 1.807) is 24.3 Å². The molecule has 2 aromatic heterocycles. The fraction of sp³-hybridized carbons (Fsp3) is 0.211. The number of amides is 1. The van der Waals surface area contributed by atoms with Crippen LogP contribution in [-0.4, -0.2) is 35.8 Å². The quantitative estimate of drug-likeness (QED) is 0.683. The molecule has 0 bridgehead atoms. The van der Waals surface area contributed by atoms with Gasteiger partial charge in [0.1, 0.15) is 24.1 Å². The van der Waals surface area contributed by atoms with Crippen molar-refractivity contribution >= 4 is 40.2 Å². The number of pyridine rings is 2. The van der Waals surface area contributed by atoms with Gasteiger partial charge >= 0.3 is 6.09 Å². The van der Waals surface area contributed by atoms with Crippen molar-refractivity contribution in [3.8, 4) is 0 Å². The Hall–Kier alpha value is -3.13. The molecule has 1 saturated heterocycles. The van der Waals surface area contributed by atoms with Crippen LogP contribution in [0.3, 0.4) is 0 Å². The van der Waals surface area contributed by atoms with Crippen LogP contribution in [0, 0.1) is 5.82 Å². The topological polar surface area (TPSA) is 87.3 Å². The number of benzene rings is 1. The second-order valence-corrected chi connectivity index (χ2v) is 6.76. The van der Waals surface area contributed by atoms with E-state index in [1.165, 1.54) is 17.0 Å². The number of carbonyl (C=O) groups excluding carboxylic acids is 1. The van der Waals surface area contributed by atoms with Crippen LogP contribution in [0.1, 0.15) is 5.56 Å². The lowest BCUT2D eigenvalue weighted by molar-refractivity contribution is 0.181. The van der Waals surface area contributed by atoms with E-state index in [9.17, 15) is 14.0 Å². The molecule has 1 aromatic carbocycles. The van der Waals surface area contributed by atoms with Gasteiger partial charge in [0.05, 0.1) is 6.54 Å². The molecule has 1 fully saturated rings. The number of ether oxygens (including phenoxy) is 1. The number of carbonyl (C=O) groups is 1. The van der Waals surface area contributed by atoms with E-state index in [-0.39, 0.29) is 23.8 Å². The highest BCUT2D eigenvalue weighted by Crippen LogP contribution is 2.21. The van der Waals surface area contributed by atoms with Crippen LogP contribution in [0.2, 0.25) is 5.02 Å². The van der Waals surface area contributed by atoms with Gasteiger partial charge in [0.25, 0.3) is 5.56 Å². The highest BCUT2D eigenvalue weighted by atomic mass is 35.5. The number of nitrogens with zero attached hydrogens (tertiary/aromatic N) is 2. The van der Waals surface area contributed by atoms with Gasteiger partial charge in [0.2, 0.25) is 0 Å². The third-order valence-corrected chi connectivity index (χ3v) is 4.63. The minimum Gasteiger partial charge on any atom is -0.447 e. The molecule has 0 saturated carbocycles. The van der Waals surface area contributed by atoms with Gasteiger partial charge < -0.3 is 15.0 Å². The Labute approximate surface area is 164 Å². The summed E-state index contributed by atoms with van der Waals surface area (Å²) in [7, 11) is 0. The van der Waals surface area contributed by atoms with E-state index < -0.39 is 11.9 Å². The van der Waals surface area contributed by atoms with Gasteiger partial charge in [-0.25, -0.2) is 14.2 Å². The van der Waals surface area contributed by atoms with Crippen LogP contribution >= 0.6 is 11.6 Å². The Morgan fingerprint density at radius 3 is 2.89 bits per heavy atom. The minimum atomic E-state index is -0.551. The average Bonchev–Trinajstić information content (AvgIpc) is 3.08. The Morgan fingerprint density at radius 1 is 1.25 bits per heavy atom. The molecule has 0 spiro atoms. The summed E-state index contributed by atoms with van der Waals surface area (Å²) in [5.41, 5.74) is 1.09. The fourth-order valence-corrected chi connectivity index (χ4v) is 3.23. The van der Waals surface area contributed by atoms with E-state index in [2.05, 4.69) is 15.3 Å². The molecule has 9 heteroatoms. The molecule has 0 radical (unpaired) electrons. The predicted octanol–water partition coefficient (Wildman–Crippen LogP) is 3.33. The summed E-state index contributed by atoms with van der Waals surface area (Å²) in [6.45, 7) is 0.924. The van der Waals surface area contributed by atoms with Gasteiger partial charge in [-0.3, -0.25) is 9.69 Å². The minimum absolute atomic E-state index is 0.184. The lowest BCUT2D eigenvalue weighted by Crippen LogP contribution is -2.25. The number of aromatic nitrogens is 2. The second-order valence-electron chi connectivity index (χ2n) is 6.33. The lowest BCUT2D eigenvalue weighted by atomic mass is 10.1. The van der Waals surface area contributed by atoms with Gasteiger partial charge in [-0.15, -0.1) is 0 Å². The third-order valence-electron chi connectivity index (χ3n) is 4.40. The van der Waals surface area contributed by atoms with Crippen LogP contribution in [0.4, 0.5) is 20.8 Å². The molecule has 144 valence electrons. The zero-order valence-electron chi connectivity index (χ0n) is 14.7. The van der Waals surface area contributed by atoms with Gasteiger partial charge in [0.15, 0.2) is 0 Å². The van der Waals surface area contributed by atoms with Crippen molar-refractivity contribution in [1.82, 2.24) is 9.97 Å². The first-order chi connectivity index (χ1) is 13.5. The molecule has 3 heterocycles. The fourth-order valence-electron chi connectivity index (χ4n) is 3.05. The maximum Gasteiger partial charge on any atom is 0.415 e. The molecule has 1 amide bonds. The number of nitrogens with one attached hydrogen (secondary N) is 2. The first-order valence-corrected chi connectivity index (χ1v) is 9.04. The maximum absolute atomic E-state index is 13.9. The van der Waals surface area contributed by atoms with Gasteiger partial charge in [-0.05, 0) is 36.1 Å². The molecule has 0 atom stereocenters. The average molecular weight is 403 g/mol. The highest BCUT2D eigenvalue weighted by molar-refractivity contribution is 6.31. The molecule has 0 aliphatic carbocycles. The third kappa shape index (κ3) is 3.77. The smallest absolute Gasteiger partial charge is 0.415 e. The number of hydrogen-bond acceptors (Lipinski definition) is 5. The largest absolute Gasteiger partial charge is 0.447 e. The van der Waals surface area contributed by atoms with E-state index in [0.29, 0.717) is 35.6 Å². The molecule has 4 rings (SSSR count). The molecule has 3 aromatic rings. The van der Waals surface area contributed by atoms with E-state index in [4.69, 9.17) is 16.3 Å². The number of halogens is 2. The zero-order chi connectivity index (χ0) is 19.7. The summed E-state index contributed by atoms with van der Waals surface area (Å²) < 4.78 is 18.8. The number of H-pyrrole nitrogens is 1. The Bertz CT molecular complexity index is 1120. The summed E-state index contributed by atoms with van der Waals surface area (Å²) >= 11 is 6.00. The number of fused-ring (bicyclic) bond motifs is 1. The summed E-state index contributed by atoms with van der Waals surface area (Å²) in [6.07, 6.45) is -0.151. The summed E-state index contributed by atoms with van der Waals surface area (Å²) in [4.78, 5) is 32.2. The Kier molecular flexibility index (Phi) is 4.87. The molecule has 1 aliphatic rings. The molecular formula is C19H16ClFN4O3. The molecule has 1 aliphatic heterocycles. The number of cyclic esters (lactones) is 1. The van der Waals surface area contributed by atoms with Crippen molar-refractivity contribution in [2.24, 2.45) is 0 Å². The number of anilines is 2. The number of rotatable bonds is 5. The van der Waals surface area contributed by atoms with Crippen LogP contribution in [0.15, 0.2) is 41.2 Å². The van der Waals surface area contributed by atoms with E-state index >= 15 is 0 Å². The standard InChI is InChI=1S/C19H16ClFN4O3/c20-13-1-2-15-12(8-13)7-11(18(26)23-15)3-4-22-16-9-14(21)10-17(24-16)25-5-6-28-19(25)27/h1-2,7-10H,3-6H2,(H,22,24)(H,23,26). The zero-order valence-corrected chi connectivity index (χ0v) is 15.4. The van der Waals surface area contributed by atoms with E-state index in [0.717, 1.165) is 5.39 Å². The number of hydrogen-bond donors (Lipinski definition) is 2. The first-order valence-electron chi connectivity index (χ1n) is 8.67. The Balaban J connectivity index is 1.49. The van der Waals surface area contributed by atoms with Crippen LogP contribution < -0.4 is 15.8 Å². The molecular weight excluding hydrogens is 387 g/mol. The molecule has 28 heavy (non-hydrogen) atoms. The van der Waals surface area contributed by atoms with Gasteiger partial charge in [-0.1, -0.05) is 11.6 Å². The summed E-state index contributed by atoms with van der Waals surface area (Å²) in [5, 5.41) is 4.41. The lowest BCUT2D eigenvalue weighted by Gasteiger charge is -2.14. The van der Waals surface area contributed by atoms with Crippen LogP contribution in [0.25, 0.3) is 10.9 Å². The van der Waals surface area contributed by atoms with Crippen LogP contribution in [0.5, 0.6) is 0 Å². The summed E-state index contributed by atoms with van der Waals surface area (Å²) in [5.74, 6) is -0.0662. The van der Waals surface area contributed by atoms with Crippen molar-refractivity contribution in [3.05, 3.63) is 63.2 Å². The monoisotopic (exact) mass is 402 g/mol. The van der Waals surface area contributed by atoms with Crippen molar-refractivity contribution in [1.29, 1.82) is 0 Å². The molecule has 7 nitrogen and oxygen atoms in total. The summed E-state index contributed by atoms with van der Waals surface area (Å²) in [6, 6.07) is 9.43. The van der Waals surface area contributed by atoms with Gasteiger partial charge in [-0.2, -0.15) is 0 Å². The molecule has 2 N–H and O–H groups in total. The highest BCUT2D eigenvalue weighted by Gasteiger charge is 2.25. The SMILES string of the molecule is O=C1OCCN1c1cc(F)cc(NCCc2cc3cc(Cl)ccc3[nH]c2=O)n1. The van der Waals surface area contributed by atoms with E-state index in [1.807, 2.05) is 0 Å². The normalized spacial score (nSPS) is 13.8. The predicted molar refractivity (Wildman–Crippen MR) is 105 cm³/mol. The van der Waals surface area contributed by atoms with Crippen molar-refractivity contribution < 1.29 is 13.9 Å². The maximum atomic E-state index is 13.9. The van der Waals surface area contributed by atoms with Crippen molar-refractivity contribution in [3.63, 3.8) is 0 Å². The van der Waals surface area contributed by atoms with Crippen molar-refractivity contribution in [2.45, 2.75) is 6.42 Å². The Morgan fingerprint density at radius 2 is 2.11 bits per heavy atom. The van der Waals surface area contributed by atoms with Crippen molar-refractivity contribution in [2.75, 3.05) is 29.9 Å². The van der Waals surface area contributed by atoms with Crippen LogP contribution in [-0.2, 0) is 11.2 Å². The second kappa shape index (κ2) is 7.47. The molecule has 0 unspecified atom stereocenters. The number of aromatic amines is 1.